The van der Waals surface area contributed by atoms with Crippen molar-refractivity contribution in [3.63, 3.8) is 0 Å². The number of carbonyl (C=O) groups is 1. The lowest BCUT2D eigenvalue weighted by Gasteiger charge is -2.23. The zero-order valence-corrected chi connectivity index (χ0v) is 5.93. The topological polar surface area (TPSA) is 46.5 Å². The first-order valence-corrected chi connectivity index (χ1v) is 2.83. The Morgan fingerprint density at radius 1 is 1.50 bits per heavy atom. The predicted molar refractivity (Wildman–Crippen MR) is 29.5 cm³/mol. The van der Waals surface area contributed by atoms with Gasteiger partial charge in [-0.1, -0.05) is 0 Å². The van der Waals surface area contributed by atoms with Gasteiger partial charge in [-0.25, -0.2) is 18.0 Å². The normalized spacial score (nSPS) is 18.5. The van der Waals surface area contributed by atoms with Crippen LogP contribution in [-0.2, 0) is 4.74 Å². The first-order valence-electron chi connectivity index (χ1n) is 2.83. The van der Waals surface area contributed by atoms with E-state index in [-0.39, 0.29) is 0 Å². The number of alkyl halides is 4. The van der Waals surface area contributed by atoms with Gasteiger partial charge in [0.25, 0.3) is 0 Å². The van der Waals surface area contributed by atoms with Crippen LogP contribution in [0.4, 0.5) is 22.4 Å². The highest BCUT2D eigenvalue weighted by molar-refractivity contribution is 5.57. The molecular formula is C5H6F4O3. The molecule has 0 amide bonds. The van der Waals surface area contributed by atoms with E-state index in [1.165, 1.54) is 0 Å². The highest BCUT2D eigenvalue weighted by Gasteiger charge is 2.50. The molecule has 12 heavy (non-hydrogen) atoms. The van der Waals surface area contributed by atoms with E-state index < -0.39 is 24.6 Å². The molecule has 0 aromatic heterocycles. The Morgan fingerprint density at radius 2 is 1.92 bits per heavy atom. The van der Waals surface area contributed by atoms with Crippen LogP contribution < -0.4 is 0 Å². The molecule has 0 bridgehead atoms. The van der Waals surface area contributed by atoms with Gasteiger partial charge in [-0.3, -0.25) is 0 Å². The van der Waals surface area contributed by atoms with Crippen molar-refractivity contribution < 1.29 is 32.2 Å². The van der Waals surface area contributed by atoms with Crippen LogP contribution in [0, 0.1) is 0 Å². The zero-order chi connectivity index (χ0) is 9.94. The molecule has 3 nitrogen and oxygen atoms in total. The number of carboxylic acid groups (broad SMARTS) is 1. The van der Waals surface area contributed by atoms with Gasteiger partial charge in [0.15, 0.2) is 6.17 Å². The van der Waals surface area contributed by atoms with Gasteiger partial charge in [-0.2, -0.15) is 4.39 Å². The minimum absolute atomic E-state index is 0.440. The van der Waals surface area contributed by atoms with Crippen molar-refractivity contribution in [3.8, 4) is 0 Å². The summed E-state index contributed by atoms with van der Waals surface area (Å²) < 4.78 is 51.1. The van der Waals surface area contributed by atoms with Crippen LogP contribution in [0.25, 0.3) is 0 Å². The highest BCUT2D eigenvalue weighted by Crippen LogP contribution is 2.28. The first-order chi connectivity index (χ1) is 5.30. The second kappa shape index (κ2) is 3.59. The molecule has 0 aliphatic carbocycles. The van der Waals surface area contributed by atoms with Gasteiger partial charge in [0.1, 0.15) is 0 Å². The maximum Gasteiger partial charge on any atom is 0.508 e. The van der Waals surface area contributed by atoms with Gasteiger partial charge in [-0.05, 0) is 6.92 Å². The van der Waals surface area contributed by atoms with Gasteiger partial charge in [0.05, 0.1) is 0 Å². The molecule has 0 aromatic carbocycles. The molecule has 0 aromatic rings. The third-order valence-electron chi connectivity index (χ3n) is 1.08. The Morgan fingerprint density at radius 3 is 2.00 bits per heavy atom. The molecule has 72 valence electrons. The average molecular weight is 190 g/mol. The molecule has 7 heteroatoms. The summed E-state index contributed by atoms with van der Waals surface area (Å²) in [5.41, 5.74) is 0. The van der Waals surface area contributed by atoms with Crippen LogP contribution in [0.1, 0.15) is 6.92 Å². The Hall–Kier alpha value is -1.01. The Labute approximate surface area is 64.9 Å². The molecule has 0 fully saturated rings. The lowest BCUT2D eigenvalue weighted by Crippen LogP contribution is -2.44. The van der Waals surface area contributed by atoms with Crippen molar-refractivity contribution in [1.29, 1.82) is 0 Å². The van der Waals surface area contributed by atoms with E-state index in [4.69, 9.17) is 5.11 Å². The molecule has 0 rings (SSSR count). The van der Waals surface area contributed by atoms with E-state index in [0.717, 1.165) is 0 Å². The van der Waals surface area contributed by atoms with E-state index in [0.29, 0.717) is 6.92 Å². The number of halogens is 4. The molecule has 2 unspecified atom stereocenters. The second-order valence-corrected chi connectivity index (χ2v) is 1.98. The van der Waals surface area contributed by atoms with Gasteiger partial charge in [0, 0.05) is 0 Å². The van der Waals surface area contributed by atoms with Crippen molar-refractivity contribution in [2.24, 2.45) is 0 Å². The van der Waals surface area contributed by atoms with Gasteiger partial charge >= 0.3 is 18.4 Å². The quantitative estimate of drug-likeness (QED) is 0.546. The third kappa shape index (κ3) is 2.24. The molecule has 0 saturated carbocycles. The summed E-state index contributed by atoms with van der Waals surface area (Å²) in [5, 5.41) is 7.78. The van der Waals surface area contributed by atoms with Crippen LogP contribution in [0.5, 0.6) is 0 Å². The van der Waals surface area contributed by atoms with Crippen molar-refractivity contribution in [2.75, 3.05) is 0 Å². The monoisotopic (exact) mass is 190 g/mol. The maximum absolute atomic E-state index is 12.6. The molecule has 0 aliphatic heterocycles. The van der Waals surface area contributed by atoms with E-state index in [9.17, 15) is 22.4 Å². The summed E-state index contributed by atoms with van der Waals surface area (Å²) in [6, 6.07) is 0. The van der Waals surface area contributed by atoms with Crippen LogP contribution in [0.15, 0.2) is 0 Å². The zero-order valence-electron chi connectivity index (χ0n) is 5.93. The fourth-order valence-corrected chi connectivity index (χ4v) is 0.433. The smallest absolute Gasteiger partial charge is 0.450 e. The Balaban J connectivity index is 4.51. The summed E-state index contributed by atoms with van der Waals surface area (Å²) in [7, 11) is 0. The van der Waals surface area contributed by atoms with Crippen LogP contribution in [0.3, 0.4) is 0 Å². The van der Waals surface area contributed by atoms with E-state index in [1.807, 2.05) is 0 Å². The summed E-state index contributed by atoms with van der Waals surface area (Å²) in [6.07, 6.45) is -8.87. The number of hydrogen-bond donors (Lipinski definition) is 1. The van der Waals surface area contributed by atoms with Crippen molar-refractivity contribution in [3.05, 3.63) is 0 Å². The predicted octanol–water partition coefficient (Wildman–Crippen LogP) is 1.97. The molecule has 0 heterocycles. The number of rotatable bonds is 3. The van der Waals surface area contributed by atoms with Crippen LogP contribution in [0.2, 0.25) is 0 Å². The molecule has 0 saturated heterocycles. The number of ether oxygens (including phenoxy) is 1. The summed E-state index contributed by atoms with van der Waals surface area (Å²) in [6.45, 7) is 0.440. The standard InChI is InChI=1S/C5H6F4O3/c1-2(6)5(9,3(7)8)12-4(10)11/h2-3H,1H3,(H,10,11). The lowest BCUT2D eigenvalue weighted by molar-refractivity contribution is -0.225. The van der Waals surface area contributed by atoms with Gasteiger partial charge in [0.2, 0.25) is 0 Å². The Kier molecular flexibility index (Phi) is 3.29. The molecule has 0 spiro atoms. The van der Waals surface area contributed by atoms with E-state index in [2.05, 4.69) is 4.74 Å². The van der Waals surface area contributed by atoms with Crippen molar-refractivity contribution >= 4 is 6.16 Å². The average Bonchev–Trinajstić information content (AvgIpc) is 1.84. The van der Waals surface area contributed by atoms with E-state index in [1.54, 1.807) is 0 Å². The first kappa shape index (κ1) is 11.0. The summed E-state index contributed by atoms with van der Waals surface area (Å²) in [5.74, 6) is -4.08. The second-order valence-electron chi connectivity index (χ2n) is 1.98. The molecule has 0 radical (unpaired) electrons. The van der Waals surface area contributed by atoms with Gasteiger partial charge < -0.3 is 9.84 Å². The van der Waals surface area contributed by atoms with Crippen LogP contribution >= 0.6 is 0 Å². The van der Waals surface area contributed by atoms with Crippen molar-refractivity contribution in [1.82, 2.24) is 0 Å². The van der Waals surface area contributed by atoms with E-state index >= 15 is 0 Å². The molecule has 0 aliphatic rings. The fraction of sp³-hybridized carbons (Fsp3) is 0.800. The van der Waals surface area contributed by atoms with Gasteiger partial charge in [-0.15, -0.1) is 0 Å². The minimum Gasteiger partial charge on any atom is -0.450 e. The Bertz CT molecular complexity index is 162. The SMILES string of the molecule is CC(F)C(F)(OC(=O)O)C(F)F. The van der Waals surface area contributed by atoms with Crippen LogP contribution in [-0.4, -0.2) is 29.7 Å². The fourth-order valence-electron chi connectivity index (χ4n) is 0.433. The van der Waals surface area contributed by atoms with Crippen molar-refractivity contribution in [2.45, 2.75) is 25.4 Å². The maximum atomic E-state index is 12.6. The lowest BCUT2D eigenvalue weighted by atomic mass is 10.2. The third-order valence-corrected chi connectivity index (χ3v) is 1.08. The highest BCUT2D eigenvalue weighted by atomic mass is 19.3. The number of hydrogen-bond acceptors (Lipinski definition) is 2. The summed E-state index contributed by atoms with van der Waals surface area (Å²) in [4.78, 5) is 9.66. The molecule has 1 N–H and O–H groups in total. The minimum atomic E-state index is -4.08. The molecule has 2 atom stereocenters. The summed E-state index contributed by atoms with van der Waals surface area (Å²) >= 11 is 0. The largest absolute Gasteiger partial charge is 0.508 e. The molecular weight excluding hydrogens is 184 g/mol.